The van der Waals surface area contributed by atoms with E-state index in [-0.39, 0.29) is 11.8 Å². The number of hydrogen-bond donors (Lipinski definition) is 2. The summed E-state index contributed by atoms with van der Waals surface area (Å²) in [6.45, 7) is 2.72. The van der Waals surface area contributed by atoms with Crippen LogP contribution in [0.15, 0.2) is 0 Å². The van der Waals surface area contributed by atoms with Gasteiger partial charge in [0.25, 0.3) is 0 Å². The van der Waals surface area contributed by atoms with Crippen molar-refractivity contribution < 1.29 is 4.79 Å². The minimum atomic E-state index is 0.0893. The molecule has 3 nitrogen and oxygen atoms in total. The summed E-state index contributed by atoms with van der Waals surface area (Å²) < 4.78 is 0. The maximum Gasteiger partial charge on any atom is 0.234 e. The molecule has 1 saturated carbocycles. The van der Waals surface area contributed by atoms with Gasteiger partial charge in [-0.15, -0.1) is 0 Å². The fraction of sp³-hybridized carbons (Fsp3) is 0.750. The van der Waals surface area contributed by atoms with E-state index >= 15 is 0 Å². The molecule has 0 bridgehead atoms. The van der Waals surface area contributed by atoms with Crippen molar-refractivity contribution in [2.45, 2.75) is 39.0 Å². The summed E-state index contributed by atoms with van der Waals surface area (Å²) >= 11 is 0. The Morgan fingerprint density at radius 1 is 1.40 bits per heavy atom. The SMILES string of the molecule is CCC#CNC(=O)C1CCC(CN)CC1. The molecule has 0 aromatic rings. The van der Waals surface area contributed by atoms with Gasteiger partial charge >= 0.3 is 0 Å². The molecule has 1 aliphatic rings. The van der Waals surface area contributed by atoms with Gasteiger partial charge in [-0.1, -0.05) is 12.8 Å². The van der Waals surface area contributed by atoms with Gasteiger partial charge in [-0.25, -0.2) is 0 Å². The standard InChI is InChI=1S/C12H20N2O/c1-2-3-8-14-12(15)11-6-4-10(9-13)5-7-11/h10-11H,2,4-7,9,13H2,1H3,(H,14,15). The lowest BCUT2D eigenvalue weighted by Crippen LogP contribution is -2.31. The number of amides is 1. The van der Waals surface area contributed by atoms with E-state index in [2.05, 4.69) is 17.3 Å². The van der Waals surface area contributed by atoms with Crippen molar-refractivity contribution >= 4 is 5.91 Å². The summed E-state index contributed by atoms with van der Waals surface area (Å²) in [5, 5.41) is 2.65. The van der Waals surface area contributed by atoms with E-state index in [9.17, 15) is 4.79 Å². The van der Waals surface area contributed by atoms with Crippen molar-refractivity contribution in [2.75, 3.05) is 6.54 Å². The molecule has 1 aliphatic carbocycles. The quantitative estimate of drug-likeness (QED) is 0.530. The van der Waals surface area contributed by atoms with Gasteiger partial charge < -0.3 is 5.73 Å². The number of carbonyl (C=O) groups excluding carboxylic acids is 1. The molecule has 0 aliphatic heterocycles. The van der Waals surface area contributed by atoms with Crippen LogP contribution in [-0.2, 0) is 4.79 Å². The van der Waals surface area contributed by atoms with Crippen LogP contribution < -0.4 is 11.1 Å². The number of nitrogens with two attached hydrogens (primary N) is 1. The van der Waals surface area contributed by atoms with E-state index < -0.39 is 0 Å². The Bertz CT molecular complexity index is 257. The zero-order chi connectivity index (χ0) is 11.1. The molecule has 0 aromatic heterocycles. The second kappa shape index (κ2) is 6.47. The molecule has 15 heavy (non-hydrogen) atoms. The minimum absolute atomic E-state index is 0.0893. The molecular formula is C12H20N2O. The molecule has 3 N–H and O–H groups in total. The van der Waals surface area contributed by atoms with Crippen LogP contribution in [0.1, 0.15) is 39.0 Å². The molecule has 0 unspecified atom stereocenters. The monoisotopic (exact) mass is 208 g/mol. The largest absolute Gasteiger partial charge is 0.330 e. The topological polar surface area (TPSA) is 55.1 Å². The van der Waals surface area contributed by atoms with Gasteiger partial charge in [0.15, 0.2) is 0 Å². The molecule has 1 rings (SSSR count). The summed E-state index contributed by atoms with van der Waals surface area (Å²) in [5.74, 6) is 3.70. The lowest BCUT2D eigenvalue weighted by molar-refractivity contribution is -0.124. The third kappa shape index (κ3) is 3.93. The van der Waals surface area contributed by atoms with Gasteiger partial charge in [0.05, 0.1) is 0 Å². The van der Waals surface area contributed by atoms with Gasteiger partial charge in [-0.2, -0.15) is 0 Å². The fourth-order valence-corrected chi connectivity index (χ4v) is 1.96. The van der Waals surface area contributed by atoms with E-state index in [0.717, 1.165) is 38.6 Å². The molecule has 1 amide bonds. The average Bonchev–Trinajstić information content (AvgIpc) is 2.29. The van der Waals surface area contributed by atoms with Crippen LogP contribution in [0, 0.1) is 23.8 Å². The minimum Gasteiger partial charge on any atom is -0.330 e. The highest BCUT2D eigenvalue weighted by atomic mass is 16.1. The highest BCUT2D eigenvalue weighted by Gasteiger charge is 2.24. The first-order valence-corrected chi connectivity index (χ1v) is 5.75. The van der Waals surface area contributed by atoms with Crippen molar-refractivity contribution in [3.8, 4) is 12.0 Å². The molecular weight excluding hydrogens is 188 g/mol. The second-order valence-corrected chi connectivity index (χ2v) is 4.10. The summed E-state index contributed by atoms with van der Waals surface area (Å²) in [7, 11) is 0. The Kier molecular flexibility index (Phi) is 5.20. The summed E-state index contributed by atoms with van der Waals surface area (Å²) in [6, 6.07) is 2.68. The highest BCUT2D eigenvalue weighted by molar-refractivity contribution is 5.80. The van der Waals surface area contributed by atoms with Crippen LogP contribution in [0.4, 0.5) is 0 Å². The summed E-state index contributed by atoms with van der Waals surface area (Å²) in [4.78, 5) is 11.6. The molecule has 1 fully saturated rings. The third-order valence-electron chi connectivity index (χ3n) is 3.00. The Balaban J connectivity index is 2.30. The Labute approximate surface area is 91.8 Å². The molecule has 84 valence electrons. The smallest absolute Gasteiger partial charge is 0.234 e. The molecule has 0 radical (unpaired) electrons. The van der Waals surface area contributed by atoms with E-state index in [1.165, 1.54) is 0 Å². The van der Waals surface area contributed by atoms with Gasteiger partial charge in [-0.3, -0.25) is 10.1 Å². The van der Waals surface area contributed by atoms with Crippen molar-refractivity contribution in [2.24, 2.45) is 17.6 Å². The van der Waals surface area contributed by atoms with Crippen LogP contribution in [0.2, 0.25) is 0 Å². The predicted octanol–water partition coefficient (Wildman–Crippen LogP) is 1.24. The average molecular weight is 208 g/mol. The maximum absolute atomic E-state index is 11.6. The van der Waals surface area contributed by atoms with Gasteiger partial charge in [-0.05, 0) is 38.1 Å². The van der Waals surface area contributed by atoms with Crippen LogP contribution in [-0.4, -0.2) is 12.5 Å². The predicted molar refractivity (Wildman–Crippen MR) is 60.7 cm³/mol. The second-order valence-electron chi connectivity index (χ2n) is 4.10. The van der Waals surface area contributed by atoms with Crippen LogP contribution >= 0.6 is 0 Å². The molecule has 0 atom stereocenters. The number of carbonyl (C=O) groups is 1. The molecule has 0 saturated heterocycles. The first-order chi connectivity index (χ1) is 7.27. The van der Waals surface area contributed by atoms with E-state index in [0.29, 0.717) is 5.92 Å². The van der Waals surface area contributed by atoms with Crippen molar-refractivity contribution in [1.82, 2.24) is 5.32 Å². The van der Waals surface area contributed by atoms with E-state index in [1.54, 1.807) is 0 Å². The normalized spacial score (nSPS) is 25.2. The van der Waals surface area contributed by atoms with Gasteiger partial charge in [0.1, 0.15) is 0 Å². The summed E-state index contributed by atoms with van der Waals surface area (Å²) in [5.41, 5.74) is 5.60. The first kappa shape index (κ1) is 12.1. The van der Waals surface area contributed by atoms with Crippen LogP contribution in [0.3, 0.4) is 0 Å². The van der Waals surface area contributed by atoms with Crippen molar-refractivity contribution in [1.29, 1.82) is 0 Å². The lowest BCUT2D eigenvalue weighted by atomic mass is 9.82. The van der Waals surface area contributed by atoms with Crippen molar-refractivity contribution in [3.63, 3.8) is 0 Å². The van der Waals surface area contributed by atoms with Gasteiger partial charge in [0.2, 0.25) is 5.91 Å². The fourth-order valence-electron chi connectivity index (χ4n) is 1.96. The number of hydrogen-bond acceptors (Lipinski definition) is 2. The molecule has 0 spiro atoms. The molecule has 3 heteroatoms. The van der Waals surface area contributed by atoms with E-state index in [1.807, 2.05) is 6.92 Å². The highest BCUT2D eigenvalue weighted by Crippen LogP contribution is 2.27. The molecule has 0 aromatic carbocycles. The van der Waals surface area contributed by atoms with Crippen LogP contribution in [0.5, 0.6) is 0 Å². The van der Waals surface area contributed by atoms with Crippen LogP contribution in [0.25, 0.3) is 0 Å². The third-order valence-corrected chi connectivity index (χ3v) is 3.00. The zero-order valence-corrected chi connectivity index (χ0v) is 9.38. The Hall–Kier alpha value is -1.01. The Morgan fingerprint density at radius 2 is 2.07 bits per heavy atom. The van der Waals surface area contributed by atoms with Gasteiger partial charge in [0, 0.05) is 18.4 Å². The van der Waals surface area contributed by atoms with Crippen molar-refractivity contribution in [3.05, 3.63) is 0 Å². The molecule has 0 heterocycles. The first-order valence-electron chi connectivity index (χ1n) is 5.75. The zero-order valence-electron chi connectivity index (χ0n) is 9.38. The number of rotatable bonds is 2. The number of nitrogens with one attached hydrogen (secondary N) is 1. The van der Waals surface area contributed by atoms with E-state index in [4.69, 9.17) is 5.73 Å². The lowest BCUT2D eigenvalue weighted by Gasteiger charge is -2.25. The summed E-state index contributed by atoms with van der Waals surface area (Å²) in [6.07, 6.45) is 4.86. The maximum atomic E-state index is 11.6. The Morgan fingerprint density at radius 3 is 2.60 bits per heavy atom.